The van der Waals surface area contributed by atoms with Gasteiger partial charge in [-0.3, -0.25) is 0 Å². The normalized spacial score (nSPS) is 19.3. The van der Waals surface area contributed by atoms with Crippen LogP contribution in [0.3, 0.4) is 0 Å². The Balaban J connectivity index is 1.40. The maximum absolute atomic E-state index is 5.79. The minimum Gasteiger partial charge on any atom is -0.303 e. The van der Waals surface area contributed by atoms with Crippen LogP contribution in [0.2, 0.25) is 0 Å². The number of nitrogens with zero attached hydrogens (tertiary/aromatic N) is 2. The predicted molar refractivity (Wildman–Crippen MR) is 81.9 cm³/mol. The first kappa shape index (κ1) is 13.8. The summed E-state index contributed by atoms with van der Waals surface area (Å²) in [6, 6.07) is 0. The van der Waals surface area contributed by atoms with Gasteiger partial charge in [-0.2, -0.15) is 0 Å². The first-order valence-electron chi connectivity index (χ1n) is 7.55. The number of aromatic nitrogens is 1. The summed E-state index contributed by atoms with van der Waals surface area (Å²) in [7, 11) is 0. The summed E-state index contributed by atoms with van der Waals surface area (Å²) in [6.07, 6.45) is 8.22. The van der Waals surface area contributed by atoms with Crippen molar-refractivity contribution in [3.05, 3.63) is 16.1 Å². The van der Waals surface area contributed by atoms with Crippen molar-refractivity contribution in [2.45, 2.75) is 44.4 Å². The molecule has 4 heteroatoms. The molecule has 0 aromatic carbocycles. The molecule has 0 bridgehead atoms. The van der Waals surface area contributed by atoms with Crippen molar-refractivity contribution in [1.29, 1.82) is 0 Å². The standard InChI is InChI=1S/C15H23ClN2S/c16-8-14-11-19-15(17-14)2-1-7-18(9-12-3-4-12)10-13-5-6-13/h11-13H,1-10H2. The molecule has 1 aromatic heterocycles. The third-order valence-corrected chi connectivity index (χ3v) is 5.26. The third-order valence-electron chi connectivity index (χ3n) is 4.03. The fraction of sp³-hybridized carbons (Fsp3) is 0.800. The predicted octanol–water partition coefficient (Wildman–Crippen LogP) is 3.94. The van der Waals surface area contributed by atoms with E-state index in [-0.39, 0.29) is 0 Å². The molecule has 2 aliphatic carbocycles. The number of aryl methyl sites for hydroxylation is 1. The van der Waals surface area contributed by atoms with Crippen molar-refractivity contribution in [2.75, 3.05) is 19.6 Å². The van der Waals surface area contributed by atoms with Crippen LogP contribution >= 0.6 is 22.9 Å². The van der Waals surface area contributed by atoms with Gasteiger partial charge in [0.05, 0.1) is 16.6 Å². The van der Waals surface area contributed by atoms with Crippen LogP contribution < -0.4 is 0 Å². The molecule has 0 radical (unpaired) electrons. The average molecular weight is 299 g/mol. The van der Waals surface area contributed by atoms with Crippen molar-refractivity contribution in [3.63, 3.8) is 0 Å². The Hall–Kier alpha value is -0.120. The monoisotopic (exact) mass is 298 g/mol. The highest BCUT2D eigenvalue weighted by molar-refractivity contribution is 7.09. The minimum absolute atomic E-state index is 0.548. The minimum atomic E-state index is 0.548. The molecule has 0 aliphatic heterocycles. The van der Waals surface area contributed by atoms with Crippen LogP contribution in [0.25, 0.3) is 0 Å². The van der Waals surface area contributed by atoms with E-state index in [0.29, 0.717) is 5.88 Å². The first-order chi connectivity index (χ1) is 9.33. The lowest BCUT2D eigenvalue weighted by Gasteiger charge is -2.21. The van der Waals surface area contributed by atoms with Gasteiger partial charge < -0.3 is 4.90 Å². The molecule has 0 unspecified atom stereocenters. The molecule has 0 spiro atoms. The summed E-state index contributed by atoms with van der Waals surface area (Å²) < 4.78 is 0. The Labute approximate surface area is 125 Å². The third kappa shape index (κ3) is 4.73. The molecular weight excluding hydrogens is 276 g/mol. The average Bonchev–Trinajstić information content (AvgIpc) is 3.32. The Morgan fingerprint density at radius 1 is 1.21 bits per heavy atom. The van der Waals surface area contributed by atoms with Crippen LogP contribution in [0.1, 0.15) is 42.8 Å². The molecule has 2 aliphatic rings. The fourth-order valence-electron chi connectivity index (χ4n) is 2.57. The summed E-state index contributed by atoms with van der Waals surface area (Å²) in [5.41, 5.74) is 1.04. The fourth-order valence-corrected chi connectivity index (χ4v) is 3.64. The van der Waals surface area contributed by atoms with E-state index in [1.54, 1.807) is 11.3 Å². The summed E-state index contributed by atoms with van der Waals surface area (Å²) >= 11 is 7.55. The van der Waals surface area contributed by atoms with Gasteiger partial charge in [0.2, 0.25) is 0 Å². The zero-order chi connectivity index (χ0) is 13.1. The van der Waals surface area contributed by atoms with E-state index in [4.69, 9.17) is 11.6 Å². The highest BCUT2D eigenvalue weighted by Gasteiger charge is 2.28. The van der Waals surface area contributed by atoms with Crippen LogP contribution in [0.4, 0.5) is 0 Å². The zero-order valence-corrected chi connectivity index (χ0v) is 13.1. The molecule has 2 fully saturated rings. The highest BCUT2D eigenvalue weighted by Crippen LogP contribution is 2.33. The molecule has 19 heavy (non-hydrogen) atoms. The topological polar surface area (TPSA) is 16.1 Å². The van der Waals surface area contributed by atoms with Gasteiger partial charge in [-0.05, 0) is 50.5 Å². The molecule has 2 nitrogen and oxygen atoms in total. The lowest BCUT2D eigenvalue weighted by atomic mass is 10.2. The molecule has 0 atom stereocenters. The molecule has 1 heterocycles. The number of alkyl halides is 1. The van der Waals surface area contributed by atoms with Gasteiger partial charge in [0.1, 0.15) is 0 Å². The summed E-state index contributed by atoms with van der Waals surface area (Å²) in [5.74, 6) is 2.58. The Kier molecular flexibility index (Phi) is 4.78. The molecule has 0 saturated heterocycles. The molecule has 3 rings (SSSR count). The largest absolute Gasteiger partial charge is 0.303 e. The Morgan fingerprint density at radius 3 is 2.42 bits per heavy atom. The van der Waals surface area contributed by atoms with E-state index in [1.807, 2.05) is 0 Å². The van der Waals surface area contributed by atoms with Gasteiger partial charge >= 0.3 is 0 Å². The van der Waals surface area contributed by atoms with E-state index in [0.717, 1.165) is 24.0 Å². The van der Waals surface area contributed by atoms with Gasteiger partial charge in [-0.15, -0.1) is 22.9 Å². The van der Waals surface area contributed by atoms with Crippen LogP contribution in [0.15, 0.2) is 5.38 Å². The molecule has 0 N–H and O–H groups in total. The van der Waals surface area contributed by atoms with E-state index >= 15 is 0 Å². The van der Waals surface area contributed by atoms with Gasteiger partial charge in [0, 0.05) is 24.9 Å². The molecule has 106 valence electrons. The number of hydrogen-bond acceptors (Lipinski definition) is 3. The molecule has 2 saturated carbocycles. The van der Waals surface area contributed by atoms with E-state index < -0.39 is 0 Å². The second kappa shape index (κ2) is 6.55. The number of rotatable bonds is 9. The van der Waals surface area contributed by atoms with Gasteiger partial charge in [-0.1, -0.05) is 0 Å². The number of thiazole rings is 1. The van der Waals surface area contributed by atoms with Crippen molar-refractivity contribution in [1.82, 2.24) is 9.88 Å². The zero-order valence-electron chi connectivity index (χ0n) is 11.5. The van der Waals surface area contributed by atoms with Crippen LogP contribution in [0, 0.1) is 11.8 Å². The highest BCUT2D eigenvalue weighted by atomic mass is 35.5. The summed E-state index contributed by atoms with van der Waals surface area (Å²) in [4.78, 5) is 7.25. The lowest BCUT2D eigenvalue weighted by Crippen LogP contribution is -2.29. The van der Waals surface area contributed by atoms with Crippen molar-refractivity contribution < 1.29 is 0 Å². The Morgan fingerprint density at radius 2 is 1.89 bits per heavy atom. The maximum Gasteiger partial charge on any atom is 0.0929 e. The maximum atomic E-state index is 5.79. The van der Waals surface area contributed by atoms with Gasteiger partial charge in [-0.25, -0.2) is 4.98 Å². The second-order valence-electron chi connectivity index (χ2n) is 6.12. The first-order valence-corrected chi connectivity index (χ1v) is 8.96. The Bertz CT molecular complexity index is 385. The van der Waals surface area contributed by atoms with Crippen molar-refractivity contribution >= 4 is 22.9 Å². The van der Waals surface area contributed by atoms with E-state index in [9.17, 15) is 0 Å². The van der Waals surface area contributed by atoms with Crippen LogP contribution in [0.5, 0.6) is 0 Å². The molecular formula is C15H23ClN2S. The number of halogens is 1. The van der Waals surface area contributed by atoms with Gasteiger partial charge in [0.15, 0.2) is 0 Å². The van der Waals surface area contributed by atoms with Crippen LogP contribution in [-0.2, 0) is 12.3 Å². The van der Waals surface area contributed by atoms with Crippen molar-refractivity contribution in [2.24, 2.45) is 11.8 Å². The molecule has 0 amide bonds. The van der Waals surface area contributed by atoms with Crippen LogP contribution in [-0.4, -0.2) is 29.5 Å². The van der Waals surface area contributed by atoms with Crippen molar-refractivity contribution in [3.8, 4) is 0 Å². The molecule has 1 aromatic rings. The SMILES string of the molecule is ClCc1csc(CCCN(CC2CC2)CC2CC2)n1. The summed E-state index contributed by atoms with van der Waals surface area (Å²) in [6.45, 7) is 3.95. The lowest BCUT2D eigenvalue weighted by molar-refractivity contribution is 0.249. The number of hydrogen-bond donors (Lipinski definition) is 0. The van der Waals surface area contributed by atoms with E-state index in [1.165, 1.54) is 56.7 Å². The van der Waals surface area contributed by atoms with Gasteiger partial charge in [0.25, 0.3) is 0 Å². The van der Waals surface area contributed by atoms with E-state index in [2.05, 4.69) is 15.3 Å². The summed E-state index contributed by atoms with van der Waals surface area (Å²) in [5, 5.41) is 3.35. The quantitative estimate of drug-likeness (QED) is 0.642. The smallest absolute Gasteiger partial charge is 0.0929 e. The second-order valence-corrected chi connectivity index (χ2v) is 7.33.